The van der Waals surface area contributed by atoms with Crippen LogP contribution in [-0.4, -0.2) is 30.3 Å². The Morgan fingerprint density at radius 2 is 1.45 bits per heavy atom. The Hall–Kier alpha value is -4.36. The third kappa shape index (κ3) is 9.26. The Kier molecular flexibility index (Phi) is 10.7. The molecule has 0 saturated heterocycles. The summed E-state index contributed by atoms with van der Waals surface area (Å²) in [5.74, 6) is 0.241. The smallest absolute Gasteiger partial charge is 0.335 e. The number of hydrogen-bond donors (Lipinski definition) is 0. The van der Waals surface area contributed by atoms with Crippen LogP contribution in [0, 0.1) is 0 Å². The molecule has 38 heavy (non-hydrogen) atoms. The molecular formula is C31H28O6S. The number of ether oxygens (including phenoxy) is 3. The first-order chi connectivity index (χ1) is 18.3. The largest absolute Gasteiger partial charge is 0.493 e. The van der Waals surface area contributed by atoms with Crippen LogP contribution < -0.4 is 9.47 Å². The Labute approximate surface area is 226 Å². The molecule has 3 aromatic carbocycles. The van der Waals surface area contributed by atoms with Gasteiger partial charge in [0, 0.05) is 23.0 Å². The van der Waals surface area contributed by atoms with Gasteiger partial charge in [-0.25, -0.2) is 9.59 Å². The van der Waals surface area contributed by atoms with E-state index in [4.69, 9.17) is 14.2 Å². The van der Waals surface area contributed by atoms with Crippen LogP contribution in [0.4, 0.5) is 0 Å². The maximum atomic E-state index is 12.4. The van der Waals surface area contributed by atoms with Gasteiger partial charge in [-0.05, 0) is 77.9 Å². The van der Waals surface area contributed by atoms with Crippen molar-refractivity contribution in [2.75, 3.05) is 13.2 Å². The summed E-state index contributed by atoms with van der Waals surface area (Å²) in [6.07, 6.45) is 4.98. The molecule has 0 radical (unpaired) electrons. The molecule has 0 unspecified atom stereocenters. The lowest BCUT2D eigenvalue weighted by atomic mass is 10.1. The molecule has 0 bridgehead atoms. The van der Waals surface area contributed by atoms with Crippen molar-refractivity contribution in [2.24, 2.45) is 0 Å². The summed E-state index contributed by atoms with van der Waals surface area (Å²) >= 11 is 1.14. The first-order valence-electron chi connectivity index (χ1n) is 11.8. The molecule has 0 fully saturated rings. The summed E-state index contributed by atoms with van der Waals surface area (Å²) in [7, 11) is 0. The van der Waals surface area contributed by atoms with Crippen molar-refractivity contribution in [1.82, 2.24) is 0 Å². The Morgan fingerprint density at radius 1 is 0.842 bits per heavy atom. The van der Waals surface area contributed by atoms with E-state index in [1.54, 1.807) is 25.1 Å². The first-order valence-corrected chi connectivity index (χ1v) is 12.7. The number of rotatable bonds is 12. The molecule has 0 spiro atoms. The molecule has 0 atom stereocenters. The van der Waals surface area contributed by atoms with Crippen LogP contribution in [0.15, 0.2) is 109 Å². The maximum Gasteiger partial charge on any atom is 0.335 e. The highest BCUT2D eigenvalue weighted by Crippen LogP contribution is 2.27. The third-order valence-electron chi connectivity index (χ3n) is 5.08. The summed E-state index contributed by atoms with van der Waals surface area (Å²) in [6.45, 7) is 9.21. The van der Waals surface area contributed by atoms with Crippen molar-refractivity contribution in [1.29, 1.82) is 0 Å². The molecule has 3 rings (SSSR count). The Balaban J connectivity index is 1.44. The quantitative estimate of drug-likeness (QED) is 0.0854. The zero-order valence-electron chi connectivity index (χ0n) is 21.1. The molecule has 0 saturated carbocycles. The Morgan fingerprint density at radius 3 is 2.05 bits per heavy atom. The summed E-state index contributed by atoms with van der Waals surface area (Å²) < 4.78 is 15.8. The average Bonchev–Trinajstić information content (AvgIpc) is 2.93. The molecule has 6 nitrogen and oxygen atoms in total. The topological polar surface area (TPSA) is 78.9 Å². The maximum absolute atomic E-state index is 12.4. The minimum Gasteiger partial charge on any atom is -0.493 e. The number of carbonyl (C=O) groups excluding carboxylic acids is 3. The third-order valence-corrected chi connectivity index (χ3v) is 5.92. The second-order valence-electron chi connectivity index (χ2n) is 8.12. The van der Waals surface area contributed by atoms with Gasteiger partial charge in [0.2, 0.25) is 5.12 Å². The van der Waals surface area contributed by atoms with Gasteiger partial charge in [0.05, 0.1) is 13.2 Å². The predicted octanol–water partition coefficient (Wildman–Crippen LogP) is 6.67. The minimum absolute atomic E-state index is 0.0872. The summed E-state index contributed by atoms with van der Waals surface area (Å²) in [5, 5.41) is -0.0872. The molecule has 3 aromatic rings. The highest BCUT2D eigenvalue weighted by atomic mass is 32.2. The van der Waals surface area contributed by atoms with Crippen molar-refractivity contribution in [3.05, 3.63) is 109 Å². The normalized spacial score (nSPS) is 10.6. The van der Waals surface area contributed by atoms with Crippen LogP contribution in [0.5, 0.6) is 11.5 Å². The van der Waals surface area contributed by atoms with Gasteiger partial charge >= 0.3 is 11.9 Å². The first kappa shape index (κ1) is 28.2. The van der Waals surface area contributed by atoms with Gasteiger partial charge in [0.25, 0.3) is 0 Å². The molecule has 0 N–H and O–H groups in total. The second-order valence-corrected chi connectivity index (χ2v) is 9.19. The van der Waals surface area contributed by atoms with Gasteiger partial charge < -0.3 is 14.2 Å². The van der Waals surface area contributed by atoms with Crippen molar-refractivity contribution >= 4 is 34.9 Å². The monoisotopic (exact) mass is 528 g/mol. The zero-order valence-corrected chi connectivity index (χ0v) is 21.9. The van der Waals surface area contributed by atoms with Crippen LogP contribution in [0.2, 0.25) is 0 Å². The van der Waals surface area contributed by atoms with E-state index in [9.17, 15) is 14.4 Å². The van der Waals surface area contributed by atoms with Gasteiger partial charge in [-0.15, -0.1) is 0 Å². The molecule has 194 valence electrons. The van der Waals surface area contributed by atoms with Crippen molar-refractivity contribution in [3.63, 3.8) is 0 Å². The van der Waals surface area contributed by atoms with E-state index in [1.807, 2.05) is 60.7 Å². The van der Waals surface area contributed by atoms with Crippen LogP contribution in [0.1, 0.15) is 18.9 Å². The zero-order chi connectivity index (χ0) is 27.3. The molecular weight excluding hydrogens is 500 g/mol. The molecule has 0 aliphatic rings. The Bertz CT molecular complexity index is 1310. The average molecular weight is 529 g/mol. The molecule has 0 heterocycles. The van der Waals surface area contributed by atoms with E-state index >= 15 is 0 Å². The number of esters is 2. The molecule has 0 aliphatic carbocycles. The summed E-state index contributed by atoms with van der Waals surface area (Å²) in [5.41, 5.74) is 3.19. The van der Waals surface area contributed by atoms with E-state index in [1.165, 1.54) is 6.08 Å². The fraction of sp³-hybridized carbons (Fsp3) is 0.129. The van der Waals surface area contributed by atoms with Crippen molar-refractivity contribution < 1.29 is 28.6 Å². The van der Waals surface area contributed by atoms with Gasteiger partial charge in [0.15, 0.2) is 0 Å². The standard InChI is InChI=1S/C31H28O6S/c1-4-29(32)37-27-15-9-24(10-16-27)25-11-17-28(18-12-25)38-30(33)19-8-23-6-13-26(14-7-23)35-20-5-21-36-31(34)22(2)3/h4,6-19H,1-2,5,20-21H2,3H3/b19-8+. The SMILES string of the molecule is C=CC(=O)Oc1ccc(-c2ccc(SC(=O)/C=C/c3ccc(OCCCOC(=O)C(=C)C)cc3)cc2)cc1. The van der Waals surface area contributed by atoms with Crippen LogP contribution in [-0.2, 0) is 19.1 Å². The van der Waals surface area contributed by atoms with E-state index in [0.29, 0.717) is 30.1 Å². The highest BCUT2D eigenvalue weighted by Gasteiger charge is 2.05. The molecule has 0 aromatic heterocycles. The van der Waals surface area contributed by atoms with Gasteiger partial charge in [-0.2, -0.15) is 0 Å². The summed E-state index contributed by atoms with van der Waals surface area (Å²) in [4.78, 5) is 35.9. The predicted molar refractivity (Wildman–Crippen MR) is 150 cm³/mol. The van der Waals surface area contributed by atoms with E-state index in [0.717, 1.165) is 39.4 Å². The lowest BCUT2D eigenvalue weighted by Gasteiger charge is -2.07. The van der Waals surface area contributed by atoms with E-state index < -0.39 is 11.9 Å². The second kappa shape index (κ2) is 14.4. The van der Waals surface area contributed by atoms with Crippen molar-refractivity contribution in [2.45, 2.75) is 18.2 Å². The molecule has 7 heteroatoms. The fourth-order valence-electron chi connectivity index (χ4n) is 3.12. The van der Waals surface area contributed by atoms with Crippen LogP contribution >= 0.6 is 11.8 Å². The number of hydrogen-bond acceptors (Lipinski definition) is 7. The molecule has 0 aliphatic heterocycles. The number of benzene rings is 3. The minimum atomic E-state index is -0.503. The molecule has 0 amide bonds. The van der Waals surface area contributed by atoms with E-state index in [2.05, 4.69) is 13.2 Å². The van der Waals surface area contributed by atoms with Crippen molar-refractivity contribution in [3.8, 4) is 22.6 Å². The number of carbonyl (C=O) groups is 3. The summed E-state index contributed by atoms with van der Waals surface area (Å²) in [6, 6.07) is 22.2. The van der Waals surface area contributed by atoms with Gasteiger partial charge in [0.1, 0.15) is 11.5 Å². The lowest BCUT2D eigenvalue weighted by molar-refractivity contribution is -0.139. The van der Waals surface area contributed by atoms with Gasteiger partial charge in [-0.3, -0.25) is 4.79 Å². The van der Waals surface area contributed by atoms with E-state index in [-0.39, 0.29) is 11.7 Å². The van der Waals surface area contributed by atoms with Crippen LogP contribution in [0.3, 0.4) is 0 Å². The van der Waals surface area contributed by atoms with Crippen LogP contribution in [0.25, 0.3) is 17.2 Å². The highest BCUT2D eigenvalue weighted by molar-refractivity contribution is 8.14. The number of thioether (sulfide) groups is 1. The fourth-order valence-corrected chi connectivity index (χ4v) is 3.76. The van der Waals surface area contributed by atoms with Gasteiger partial charge in [-0.1, -0.05) is 55.6 Å². The lowest BCUT2D eigenvalue weighted by Crippen LogP contribution is -2.09.